The summed E-state index contributed by atoms with van der Waals surface area (Å²) in [7, 11) is -7.14. The average Bonchev–Trinajstić information content (AvgIpc) is 2.61. The lowest BCUT2D eigenvalue weighted by atomic mass is 10.1. The monoisotopic (exact) mass is 420 g/mol. The van der Waals surface area contributed by atoms with Gasteiger partial charge in [-0.05, 0) is 52.2 Å². The topological polar surface area (TPSA) is 119 Å². The van der Waals surface area contributed by atoms with Crippen LogP contribution in [0.1, 0.15) is 38.7 Å². The van der Waals surface area contributed by atoms with Crippen molar-refractivity contribution in [1.82, 2.24) is 9.44 Å². The van der Waals surface area contributed by atoms with Gasteiger partial charge in [0.1, 0.15) is 6.04 Å². The third-order valence-corrected chi connectivity index (χ3v) is 6.70. The SMILES string of the molecule is CCOC(=O)[C@H](CCCCNS(=O)(=O)c1ccc(C)cc1)NS(=O)(=O)CC. The van der Waals surface area contributed by atoms with E-state index in [0.29, 0.717) is 12.8 Å². The highest BCUT2D eigenvalue weighted by atomic mass is 32.2. The Morgan fingerprint density at radius 2 is 1.70 bits per heavy atom. The first-order valence-electron chi connectivity index (χ1n) is 8.84. The second kappa shape index (κ2) is 10.7. The summed E-state index contributed by atoms with van der Waals surface area (Å²) in [6.45, 7) is 5.33. The molecule has 0 unspecified atom stereocenters. The molecule has 1 atom stereocenters. The predicted octanol–water partition coefficient (Wildman–Crippen LogP) is 1.31. The number of aryl methyl sites for hydroxylation is 1. The van der Waals surface area contributed by atoms with Crippen LogP contribution in [0.3, 0.4) is 0 Å². The predicted molar refractivity (Wildman–Crippen MR) is 103 cm³/mol. The van der Waals surface area contributed by atoms with Gasteiger partial charge in [-0.15, -0.1) is 0 Å². The summed E-state index contributed by atoms with van der Waals surface area (Å²) in [5.41, 5.74) is 0.966. The quantitative estimate of drug-likeness (QED) is 0.389. The van der Waals surface area contributed by atoms with Crippen LogP contribution in [0.2, 0.25) is 0 Å². The van der Waals surface area contributed by atoms with E-state index in [9.17, 15) is 21.6 Å². The van der Waals surface area contributed by atoms with Crippen molar-refractivity contribution >= 4 is 26.0 Å². The Labute approximate surface area is 161 Å². The van der Waals surface area contributed by atoms with Crippen molar-refractivity contribution < 1.29 is 26.4 Å². The molecule has 0 saturated carbocycles. The van der Waals surface area contributed by atoms with Gasteiger partial charge in [0.2, 0.25) is 20.0 Å². The number of benzene rings is 1. The molecule has 2 N–H and O–H groups in total. The molecule has 0 amide bonds. The maximum atomic E-state index is 12.2. The van der Waals surface area contributed by atoms with Gasteiger partial charge in [0, 0.05) is 6.54 Å². The van der Waals surface area contributed by atoms with Crippen molar-refractivity contribution in [2.24, 2.45) is 0 Å². The van der Waals surface area contributed by atoms with Gasteiger partial charge in [-0.25, -0.2) is 26.3 Å². The highest BCUT2D eigenvalue weighted by molar-refractivity contribution is 7.89. The van der Waals surface area contributed by atoms with E-state index < -0.39 is 32.1 Å². The summed E-state index contributed by atoms with van der Waals surface area (Å²) in [6.07, 6.45) is 1.13. The third kappa shape index (κ3) is 8.37. The van der Waals surface area contributed by atoms with Crippen LogP contribution in [-0.4, -0.2) is 47.8 Å². The highest BCUT2D eigenvalue weighted by Crippen LogP contribution is 2.10. The smallest absolute Gasteiger partial charge is 0.324 e. The maximum Gasteiger partial charge on any atom is 0.324 e. The number of ether oxygens (including phenoxy) is 1. The molecule has 0 fully saturated rings. The number of sulfonamides is 2. The van der Waals surface area contributed by atoms with Gasteiger partial charge in [-0.3, -0.25) is 4.79 Å². The van der Waals surface area contributed by atoms with Gasteiger partial charge in [-0.1, -0.05) is 17.7 Å². The molecule has 1 aromatic carbocycles. The molecule has 0 heterocycles. The van der Waals surface area contributed by atoms with Gasteiger partial charge in [0.15, 0.2) is 0 Å². The molecular formula is C17H28N2O6S2. The Balaban J connectivity index is 2.53. The lowest BCUT2D eigenvalue weighted by molar-refractivity contribution is -0.145. The molecule has 0 aromatic heterocycles. The van der Waals surface area contributed by atoms with E-state index in [1.54, 1.807) is 19.1 Å². The first kappa shape index (κ1) is 23.5. The summed E-state index contributed by atoms with van der Waals surface area (Å²) < 4.78 is 57.5. The number of carbonyl (C=O) groups is 1. The van der Waals surface area contributed by atoms with Crippen LogP contribution in [0.4, 0.5) is 0 Å². The number of nitrogens with one attached hydrogen (secondary N) is 2. The van der Waals surface area contributed by atoms with E-state index >= 15 is 0 Å². The maximum absolute atomic E-state index is 12.2. The minimum Gasteiger partial charge on any atom is -0.465 e. The van der Waals surface area contributed by atoms with Crippen molar-refractivity contribution in [3.63, 3.8) is 0 Å². The van der Waals surface area contributed by atoms with Gasteiger partial charge >= 0.3 is 5.97 Å². The number of hydrogen-bond acceptors (Lipinski definition) is 6. The summed E-state index contributed by atoms with van der Waals surface area (Å²) in [5, 5.41) is 0. The van der Waals surface area contributed by atoms with Crippen LogP contribution in [0.15, 0.2) is 29.2 Å². The second-order valence-electron chi connectivity index (χ2n) is 6.03. The number of hydrogen-bond donors (Lipinski definition) is 2. The van der Waals surface area contributed by atoms with E-state index in [1.165, 1.54) is 19.1 Å². The van der Waals surface area contributed by atoms with E-state index in [1.807, 2.05) is 6.92 Å². The molecule has 0 aliphatic carbocycles. The van der Waals surface area contributed by atoms with E-state index in [-0.39, 0.29) is 30.2 Å². The zero-order valence-electron chi connectivity index (χ0n) is 15.9. The zero-order valence-corrected chi connectivity index (χ0v) is 17.5. The number of unbranched alkanes of at least 4 members (excludes halogenated alkanes) is 1. The van der Waals surface area contributed by atoms with Crippen LogP contribution in [-0.2, 0) is 29.6 Å². The zero-order chi connectivity index (χ0) is 20.5. The molecule has 1 rings (SSSR count). The normalized spacial score (nSPS) is 13.3. The summed E-state index contributed by atoms with van der Waals surface area (Å²) in [4.78, 5) is 12.1. The highest BCUT2D eigenvalue weighted by Gasteiger charge is 2.24. The first-order chi connectivity index (χ1) is 12.6. The minimum absolute atomic E-state index is 0.140. The molecule has 0 bridgehead atoms. The molecule has 0 aliphatic heterocycles. The van der Waals surface area contributed by atoms with Crippen molar-refractivity contribution in [3.05, 3.63) is 29.8 Å². The number of esters is 1. The van der Waals surface area contributed by atoms with Crippen molar-refractivity contribution in [2.75, 3.05) is 18.9 Å². The van der Waals surface area contributed by atoms with Crippen molar-refractivity contribution in [2.45, 2.75) is 51.0 Å². The fourth-order valence-electron chi connectivity index (χ4n) is 2.25. The van der Waals surface area contributed by atoms with Crippen LogP contribution < -0.4 is 9.44 Å². The lowest BCUT2D eigenvalue weighted by Crippen LogP contribution is -2.42. The number of carbonyl (C=O) groups excluding carboxylic acids is 1. The Hall–Kier alpha value is -1.49. The van der Waals surface area contributed by atoms with E-state index in [4.69, 9.17) is 4.74 Å². The average molecular weight is 421 g/mol. The second-order valence-corrected chi connectivity index (χ2v) is 9.84. The number of rotatable bonds is 12. The van der Waals surface area contributed by atoms with Crippen molar-refractivity contribution in [3.8, 4) is 0 Å². The molecule has 8 nitrogen and oxygen atoms in total. The fourth-order valence-corrected chi connectivity index (χ4v) is 4.14. The summed E-state index contributed by atoms with van der Waals surface area (Å²) >= 11 is 0. The molecule has 27 heavy (non-hydrogen) atoms. The molecule has 0 spiro atoms. The van der Waals surface area contributed by atoms with E-state index in [2.05, 4.69) is 9.44 Å². The van der Waals surface area contributed by atoms with Gasteiger partial charge in [-0.2, -0.15) is 0 Å². The molecule has 0 radical (unpaired) electrons. The molecule has 10 heteroatoms. The van der Waals surface area contributed by atoms with Crippen LogP contribution >= 0.6 is 0 Å². The Bertz CT molecular complexity index is 804. The van der Waals surface area contributed by atoms with Crippen LogP contribution in [0.5, 0.6) is 0 Å². The van der Waals surface area contributed by atoms with Gasteiger partial charge in [0.05, 0.1) is 17.3 Å². The van der Waals surface area contributed by atoms with Crippen molar-refractivity contribution in [1.29, 1.82) is 0 Å². The summed E-state index contributed by atoms with van der Waals surface area (Å²) in [5.74, 6) is -0.769. The Morgan fingerprint density at radius 3 is 2.26 bits per heavy atom. The standard InChI is InChI=1S/C17H28N2O6S2/c1-4-25-17(20)16(19-26(21,22)5-2)8-6-7-13-18-27(23,24)15-11-9-14(3)10-12-15/h9-12,16,18-19H,4-8,13H2,1-3H3/t16-/m0/s1. The Morgan fingerprint density at radius 1 is 1.07 bits per heavy atom. The third-order valence-electron chi connectivity index (χ3n) is 3.82. The molecule has 0 saturated heterocycles. The van der Waals surface area contributed by atoms with Gasteiger partial charge in [0.25, 0.3) is 0 Å². The Kier molecular flexibility index (Phi) is 9.37. The van der Waals surface area contributed by atoms with Crippen LogP contribution in [0.25, 0.3) is 0 Å². The lowest BCUT2D eigenvalue weighted by Gasteiger charge is -2.16. The van der Waals surface area contributed by atoms with Crippen LogP contribution in [0, 0.1) is 6.92 Å². The first-order valence-corrected chi connectivity index (χ1v) is 12.0. The molecule has 1 aromatic rings. The molecule has 154 valence electrons. The van der Waals surface area contributed by atoms with E-state index in [0.717, 1.165) is 5.56 Å². The summed E-state index contributed by atoms with van der Waals surface area (Å²) in [6, 6.07) is 5.54. The molecular weight excluding hydrogens is 392 g/mol. The molecule has 0 aliphatic rings. The fraction of sp³-hybridized carbons (Fsp3) is 0.588. The largest absolute Gasteiger partial charge is 0.465 e. The minimum atomic E-state index is -3.59. The van der Waals surface area contributed by atoms with Gasteiger partial charge < -0.3 is 4.74 Å².